The maximum atomic E-state index is 12.2. The van der Waals surface area contributed by atoms with Gasteiger partial charge in [0.1, 0.15) is 10.9 Å². The maximum absolute atomic E-state index is 12.2. The molecule has 1 aliphatic rings. The second-order valence-corrected chi connectivity index (χ2v) is 7.62. The van der Waals surface area contributed by atoms with Gasteiger partial charge >= 0.3 is 0 Å². The fraction of sp³-hybridized carbons (Fsp3) is 0.571. The van der Waals surface area contributed by atoms with Crippen molar-refractivity contribution in [1.29, 1.82) is 0 Å². The van der Waals surface area contributed by atoms with Gasteiger partial charge < -0.3 is 14.2 Å². The molecule has 1 aliphatic heterocycles. The van der Waals surface area contributed by atoms with Crippen LogP contribution in [-0.2, 0) is 33.1 Å². The Hall–Kier alpha value is -2.31. The van der Waals surface area contributed by atoms with E-state index in [0.29, 0.717) is 31.9 Å². The lowest BCUT2D eigenvalue weighted by Crippen LogP contribution is -2.31. The summed E-state index contributed by atoms with van der Waals surface area (Å²) in [5.41, 5.74) is 0. The summed E-state index contributed by atoms with van der Waals surface area (Å²) in [4.78, 5) is 17.9. The predicted molar refractivity (Wildman–Crippen MR) is 87.1 cm³/mol. The Bertz CT molecular complexity index is 876. The molecule has 11 nitrogen and oxygen atoms in total. The van der Waals surface area contributed by atoms with E-state index in [-0.39, 0.29) is 29.2 Å². The molecule has 1 saturated heterocycles. The minimum atomic E-state index is -3.72. The summed E-state index contributed by atoms with van der Waals surface area (Å²) < 4.78 is 38.4. The van der Waals surface area contributed by atoms with Crippen LogP contribution in [0, 0.1) is 0 Å². The van der Waals surface area contributed by atoms with Crippen molar-refractivity contribution in [2.75, 3.05) is 20.3 Å². The molecular formula is C14H20N6O5S. The first-order valence-electron chi connectivity index (χ1n) is 8.00. The number of likely N-dealkylation sites (tertiary alicyclic amines) is 1. The number of aryl methyl sites for hydroxylation is 1. The second-order valence-electron chi connectivity index (χ2n) is 5.86. The quantitative estimate of drug-likeness (QED) is 0.650. The smallest absolute Gasteiger partial charge is 0.249 e. The van der Waals surface area contributed by atoms with Crippen molar-refractivity contribution in [3.8, 4) is 0 Å². The molecule has 3 rings (SSSR count). The van der Waals surface area contributed by atoms with Gasteiger partial charge in [-0.2, -0.15) is 10.1 Å². The molecule has 1 amide bonds. The third kappa shape index (κ3) is 3.92. The van der Waals surface area contributed by atoms with E-state index in [1.807, 2.05) is 0 Å². The van der Waals surface area contributed by atoms with Gasteiger partial charge in [-0.05, 0) is 6.42 Å². The van der Waals surface area contributed by atoms with E-state index in [9.17, 15) is 13.2 Å². The molecule has 0 bridgehead atoms. The number of aromatic nitrogens is 4. The van der Waals surface area contributed by atoms with Crippen LogP contribution < -0.4 is 4.72 Å². The van der Waals surface area contributed by atoms with E-state index in [2.05, 4.69) is 20.0 Å². The first-order valence-corrected chi connectivity index (χ1v) is 9.48. The Morgan fingerprint density at radius 1 is 1.46 bits per heavy atom. The highest BCUT2D eigenvalue weighted by molar-refractivity contribution is 7.89. The van der Waals surface area contributed by atoms with E-state index < -0.39 is 10.0 Å². The number of nitrogens with one attached hydrogen (secondary N) is 1. The molecule has 142 valence electrons. The Labute approximate surface area is 150 Å². The summed E-state index contributed by atoms with van der Waals surface area (Å²) in [5.74, 6) is 0.491. The van der Waals surface area contributed by atoms with Gasteiger partial charge in [0.25, 0.3) is 0 Å². The van der Waals surface area contributed by atoms with E-state index in [1.54, 1.807) is 19.1 Å². The molecule has 1 fully saturated rings. The van der Waals surface area contributed by atoms with Crippen LogP contribution in [0.5, 0.6) is 0 Å². The number of ether oxygens (including phenoxy) is 1. The third-order valence-corrected chi connectivity index (χ3v) is 5.40. The van der Waals surface area contributed by atoms with Gasteiger partial charge in [0, 0.05) is 33.3 Å². The lowest BCUT2D eigenvalue weighted by molar-refractivity contribution is -0.130. The summed E-state index contributed by atoms with van der Waals surface area (Å²) >= 11 is 0. The number of hydrogen-bond acceptors (Lipinski definition) is 8. The first-order chi connectivity index (χ1) is 12.4. The van der Waals surface area contributed by atoms with Crippen LogP contribution >= 0.6 is 0 Å². The number of nitrogens with zero attached hydrogens (tertiary/aromatic N) is 5. The Kier molecular flexibility index (Phi) is 5.34. The van der Waals surface area contributed by atoms with Gasteiger partial charge in [0.2, 0.25) is 21.8 Å². The summed E-state index contributed by atoms with van der Waals surface area (Å²) in [7, 11) is -0.523. The molecule has 26 heavy (non-hydrogen) atoms. The zero-order chi connectivity index (χ0) is 18.7. The number of amides is 1. The molecule has 3 heterocycles. The van der Waals surface area contributed by atoms with Crippen LogP contribution in [0.3, 0.4) is 0 Å². The standard InChI is InChI=1S/C14H20N6O5S/c1-19-9-10(7-15-19)26(22,23)16-8-12-17-14(25-18-12)11-3-4-13(21)20(11)5-6-24-2/h7,9,11,16H,3-6,8H2,1-2H3/t11-/m0/s1. The van der Waals surface area contributed by atoms with Crippen molar-refractivity contribution >= 4 is 15.9 Å². The number of carbonyl (C=O) groups excluding carboxylic acids is 1. The first kappa shape index (κ1) is 18.5. The van der Waals surface area contributed by atoms with Crippen molar-refractivity contribution in [3.63, 3.8) is 0 Å². The SMILES string of the molecule is COCCN1C(=O)CC[C@H]1c1nc(CNS(=O)(=O)c2cnn(C)c2)no1. The molecule has 1 atom stereocenters. The summed E-state index contributed by atoms with van der Waals surface area (Å²) in [5, 5.41) is 7.63. The molecule has 0 spiro atoms. The molecule has 2 aromatic heterocycles. The minimum absolute atomic E-state index is 0.00378. The number of methoxy groups -OCH3 is 1. The molecule has 0 radical (unpaired) electrons. The molecule has 0 aromatic carbocycles. The van der Waals surface area contributed by atoms with Crippen molar-refractivity contribution in [1.82, 2.24) is 29.5 Å². The second kappa shape index (κ2) is 7.51. The van der Waals surface area contributed by atoms with Gasteiger partial charge in [0.15, 0.2) is 5.82 Å². The Balaban J connectivity index is 1.65. The highest BCUT2D eigenvalue weighted by Crippen LogP contribution is 2.31. The molecule has 12 heteroatoms. The highest BCUT2D eigenvalue weighted by atomic mass is 32.2. The van der Waals surface area contributed by atoms with E-state index in [4.69, 9.17) is 9.26 Å². The third-order valence-electron chi connectivity index (χ3n) is 4.05. The van der Waals surface area contributed by atoms with Gasteiger partial charge in [-0.15, -0.1) is 0 Å². The lowest BCUT2D eigenvalue weighted by atomic mass is 10.2. The average Bonchev–Trinajstić information content (AvgIpc) is 3.31. The van der Waals surface area contributed by atoms with Crippen LogP contribution in [0.25, 0.3) is 0 Å². The van der Waals surface area contributed by atoms with Crippen LogP contribution in [0.2, 0.25) is 0 Å². The predicted octanol–water partition coefficient (Wildman–Crippen LogP) is -0.408. The van der Waals surface area contributed by atoms with Gasteiger partial charge in [-0.3, -0.25) is 9.48 Å². The Morgan fingerprint density at radius 3 is 2.96 bits per heavy atom. The summed E-state index contributed by atoms with van der Waals surface area (Å²) in [6.45, 7) is 0.721. The number of carbonyl (C=O) groups is 1. The van der Waals surface area contributed by atoms with Gasteiger partial charge in [0.05, 0.1) is 19.3 Å². The summed E-state index contributed by atoms with van der Waals surface area (Å²) in [6, 6.07) is -0.311. The zero-order valence-corrected chi connectivity index (χ0v) is 15.3. The van der Waals surface area contributed by atoms with E-state index >= 15 is 0 Å². The average molecular weight is 384 g/mol. The zero-order valence-electron chi connectivity index (χ0n) is 14.5. The highest BCUT2D eigenvalue weighted by Gasteiger charge is 2.35. The number of hydrogen-bond donors (Lipinski definition) is 1. The van der Waals surface area contributed by atoms with Crippen molar-refractivity contribution in [2.45, 2.75) is 30.3 Å². The van der Waals surface area contributed by atoms with Crippen LogP contribution in [0.4, 0.5) is 0 Å². The molecule has 0 unspecified atom stereocenters. The van der Waals surface area contributed by atoms with Crippen LogP contribution in [-0.4, -0.2) is 59.4 Å². The molecule has 0 aliphatic carbocycles. The normalized spacial score (nSPS) is 18.0. The van der Waals surface area contributed by atoms with E-state index in [0.717, 1.165) is 0 Å². The van der Waals surface area contributed by atoms with Gasteiger partial charge in [-0.1, -0.05) is 5.16 Å². The molecular weight excluding hydrogens is 364 g/mol. The fourth-order valence-electron chi connectivity index (χ4n) is 2.72. The van der Waals surface area contributed by atoms with Crippen molar-refractivity contribution in [3.05, 3.63) is 24.1 Å². The van der Waals surface area contributed by atoms with Crippen molar-refractivity contribution in [2.24, 2.45) is 7.05 Å². The van der Waals surface area contributed by atoms with Crippen molar-refractivity contribution < 1.29 is 22.5 Å². The van der Waals surface area contributed by atoms with Crippen LogP contribution in [0.1, 0.15) is 30.6 Å². The van der Waals surface area contributed by atoms with Crippen LogP contribution in [0.15, 0.2) is 21.8 Å². The minimum Gasteiger partial charge on any atom is -0.383 e. The molecule has 0 saturated carbocycles. The topological polar surface area (TPSA) is 132 Å². The summed E-state index contributed by atoms with van der Waals surface area (Å²) in [6.07, 6.45) is 3.62. The fourth-order valence-corrected chi connectivity index (χ4v) is 3.68. The molecule has 1 N–H and O–H groups in total. The van der Waals surface area contributed by atoms with E-state index in [1.165, 1.54) is 17.1 Å². The number of rotatable bonds is 8. The number of sulfonamides is 1. The Morgan fingerprint density at radius 2 is 2.27 bits per heavy atom. The maximum Gasteiger partial charge on any atom is 0.249 e. The largest absolute Gasteiger partial charge is 0.383 e. The van der Waals surface area contributed by atoms with Gasteiger partial charge in [-0.25, -0.2) is 13.1 Å². The molecule has 2 aromatic rings. The monoisotopic (exact) mass is 384 g/mol. The lowest BCUT2D eigenvalue weighted by Gasteiger charge is -2.21.